The van der Waals surface area contributed by atoms with Crippen molar-refractivity contribution in [2.24, 2.45) is 5.41 Å². The predicted octanol–water partition coefficient (Wildman–Crippen LogP) is 5.32. The highest BCUT2D eigenvalue weighted by atomic mass is 19.1. The van der Waals surface area contributed by atoms with E-state index in [1.165, 1.54) is 30.5 Å². The number of fused-ring (bicyclic) bond motifs is 4. The van der Waals surface area contributed by atoms with Gasteiger partial charge >= 0.3 is 6.01 Å². The van der Waals surface area contributed by atoms with Crippen molar-refractivity contribution < 1.29 is 23.0 Å². The van der Waals surface area contributed by atoms with Gasteiger partial charge in [0.1, 0.15) is 35.2 Å². The number of piperidine rings is 1. The van der Waals surface area contributed by atoms with Crippen LogP contribution in [0.5, 0.6) is 11.8 Å². The predicted molar refractivity (Wildman–Crippen MR) is 167 cm³/mol. The van der Waals surface area contributed by atoms with Crippen molar-refractivity contribution in [2.75, 3.05) is 44.7 Å². The van der Waals surface area contributed by atoms with Crippen LogP contribution in [0.2, 0.25) is 0 Å². The highest BCUT2D eigenvalue weighted by molar-refractivity contribution is 6.03. The van der Waals surface area contributed by atoms with E-state index >= 15 is 4.39 Å². The number of anilines is 1. The molecule has 0 aliphatic carbocycles. The molecule has 2 N–H and O–H groups in total. The van der Waals surface area contributed by atoms with Gasteiger partial charge in [0, 0.05) is 60.8 Å². The Morgan fingerprint density at radius 1 is 1.20 bits per heavy atom. The lowest BCUT2D eigenvalue weighted by Crippen LogP contribution is -2.51. The van der Waals surface area contributed by atoms with E-state index in [-0.39, 0.29) is 58.2 Å². The first-order valence-electron chi connectivity index (χ1n) is 15.1. The molecule has 45 heavy (non-hydrogen) atoms. The molecule has 3 aliphatic heterocycles. The highest BCUT2D eigenvalue weighted by Gasteiger charge is 2.37. The summed E-state index contributed by atoms with van der Waals surface area (Å²) >= 11 is 0. The molecule has 0 radical (unpaired) electrons. The van der Waals surface area contributed by atoms with Crippen LogP contribution in [0, 0.1) is 29.4 Å². The standard InChI is InChI=1S/C34H33F3N6O2/c1-4-24-27(36)8-5-19-11-23(44)12-25(28(19)24)30-29(37)31-26(14-38-30)32(43-15-21-6-7-22(16-43)39-21)41-33(40-31)45-18-34(2)17-42(3)10-9-20(34)13-35/h1,5,8,11-14,21-22,39,44H,6-7,9-10,15-18H2,2-3H3/b20-13+/t21?,22?,34-/m0/s1. The van der Waals surface area contributed by atoms with E-state index < -0.39 is 17.0 Å². The van der Waals surface area contributed by atoms with Gasteiger partial charge in [-0.25, -0.2) is 13.2 Å². The number of hydrogen-bond donors (Lipinski definition) is 2. The maximum atomic E-state index is 16.8. The Morgan fingerprint density at radius 2 is 1.98 bits per heavy atom. The van der Waals surface area contributed by atoms with Gasteiger partial charge in [-0.1, -0.05) is 18.9 Å². The van der Waals surface area contributed by atoms with Crippen LogP contribution in [0.15, 0.2) is 42.4 Å². The van der Waals surface area contributed by atoms with Crippen LogP contribution in [0.25, 0.3) is 32.9 Å². The Hall–Kier alpha value is -4.40. The minimum atomic E-state index is -0.786. The molecule has 3 aliphatic rings. The van der Waals surface area contributed by atoms with Crippen molar-refractivity contribution >= 4 is 27.5 Å². The molecule has 232 valence electrons. The fourth-order valence-corrected chi connectivity index (χ4v) is 7.18. The van der Waals surface area contributed by atoms with Gasteiger partial charge in [0.2, 0.25) is 0 Å². The van der Waals surface area contributed by atoms with Crippen LogP contribution in [0.4, 0.5) is 19.0 Å². The summed E-state index contributed by atoms with van der Waals surface area (Å²) in [7, 11) is 1.98. The second kappa shape index (κ2) is 11.2. The molecule has 2 aromatic carbocycles. The number of phenols is 1. The van der Waals surface area contributed by atoms with E-state index in [1.807, 2.05) is 14.0 Å². The molecule has 3 atom stereocenters. The summed E-state index contributed by atoms with van der Waals surface area (Å²) in [6.07, 6.45) is 10.5. The minimum Gasteiger partial charge on any atom is -0.508 e. The second-order valence-corrected chi connectivity index (χ2v) is 12.7. The summed E-state index contributed by atoms with van der Waals surface area (Å²) in [5.41, 5.74) is -0.0967. The summed E-state index contributed by atoms with van der Waals surface area (Å²) in [6, 6.07) is 5.96. The van der Waals surface area contributed by atoms with Gasteiger partial charge in [-0.3, -0.25) is 4.98 Å². The molecule has 0 amide bonds. The first-order chi connectivity index (χ1) is 21.7. The quantitative estimate of drug-likeness (QED) is 0.292. The number of rotatable bonds is 5. The number of halogens is 3. The van der Waals surface area contributed by atoms with E-state index in [0.29, 0.717) is 54.5 Å². The number of phenolic OH excluding ortho intramolecular Hbond substituents is 1. The zero-order valence-electron chi connectivity index (χ0n) is 25.1. The van der Waals surface area contributed by atoms with Crippen molar-refractivity contribution in [3.63, 3.8) is 0 Å². The van der Waals surface area contributed by atoms with Gasteiger partial charge in [0.25, 0.3) is 0 Å². The zero-order valence-corrected chi connectivity index (χ0v) is 25.1. The van der Waals surface area contributed by atoms with Crippen LogP contribution < -0.4 is 15.0 Å². The normalized spacial score (nSPS) is 24.4. The highest BCUT2D eigenvalue weighted by Crippen LogP contribution is 2.40. The van der Waals surface area contributed by atoms with Gasteiger partial charge in [0.05, 0.1) is 17.3 Å². The van der Waals surface area contributed by atoms with Gasteiger partial charge in [0.15, 0.2) is 5.82 Å². The van der Waals surface area contributed by atoms with Crippen molar-refractivity contribution in [3.8, 4) is 35.4 Å². The number of pyridine rings is 1. The van der Waals surface area contributed by atoms with Crippen LogP contribution in [0.1, 0.15) is 31.7 Å². The number of terminal acetylenes is 1. The Balaban J connectivity index is 1.38. The topological polar surface area (TPSA) is 86.6 Å². The van der Waals surface area contributed by atoms with Gasteiger partial charge < -0.3 is 25.0 Å². The third-order valence-electron chi connectivity index (χ3n) is 9.42. The first kappa shape index (κ1) is 29.3. The molecule has 0 saturated carbocycles. The molecule has 8 nitrogen and oxygen atoms in total. The number of hydrogen-bond acceptors (Lipinski definition) is 8. The number of nitrogens with zero attached hydrogens (tertiary/aromatic N) is 5. The zero-order chi connectivity index (χ0) is 31.5. The number of ether oxygens (including phenoxy) is 1. The van der Waals surface area contributed by atoms with Gasteiger partial charge in [-0.05, 0) is 55.5 Å². The fourth-order valence-electron chi connectivity index (χ4n) is 7.18. The van der Waals surface area contributed by atoms with E-state index in [1.54, 1.807) is 0 Å². The molecule has 11 heteroatoms. The Labute approximate surface area is 258 Å². The van der Waals surface area contributed by atoms with Crippen LogP contribution in [-0.4, -0.2) is 76.9 Å². The fraction of sp³-hybridized carbons (Fsp3) is 0.382. The molecule has 3 saturated heterocycles. The smallest absolute Gasteiger partial charge is 0.319 e. The Bertz CT molecular complexity index is 1900. The Morgan fingerprint density at radius 3 is 2.71 bits per heavy atom. The molecule has 3 fully saturated rings. The lowest BCUT2D eigenvalue weighted by atomic mass is 9.78. The first-order valence-corrected chi connectivity index (χ1v) is 15.1. The third-order valence-corrected chi connectivity index (χ3v) is 9.42. The number of benzene rings is 2. The lowest BCUT2D eigenvalue weighted by molar-refractivity contribution is 0.109. The average molecular weight is 615 g/mol. The molecule has 2 unspecified atom stereocenters. The average Bonchev–Trinajstić information content (AvgIpc) is 3.36. The van der Waals surface area contributed by atoms with Gasteiger partial charge in [-0.15, -0.1) is 6.42 Å². The number of aromatic nitrogens is 3. The monoisotopic (exact) mass is 614 g/mol. The van der Waals surface area contributed by atoms with E-state index in [4.69, 9.17) is 16.1 Å². The SMILES string of the molecule is C#Cc1c(F)ccc2cc(O)cc(-c3ncc4c(N5CC6CCC(C5)N6)nc(OC[C@]5(C)CN(C)CC/C5=C\F)nc4c3F)c12. The number of nitrogens with one attached hydrogen (secondary N) is 1. The maximum Gasteiger partial charge on any atom is 0.319 e. The number of piperazine rings is 1. The minimum absolute atomic E-state index is 0.0341. The molecule has 4 aromatic rings. The van der Waals surface area contributed by atoms with Crippen LogP contribution >= 0.6 is 0 Å². The van der Waals surface area contributed by atoms with Crippen molar-refractivity contribution in [1.29, 1.82) is 0 Å². The van der Waals surface area contributed by atoms with E-state index in [2.05, 4.69) is 31.0 Å². The third kappa shape index (κ3) is 5.12. The molecule has 2 bridgehead atoms. The van der Waals surface area contributed by atoms with E-state index in [0.717, 1.165) is 19.4 Å². The molecule has 2 aromatic heterocycles. The second-order valence-electron chi connectivity index (χ2n) is 12.7. The van der Waals surface area contributed by atoms with Crippen LogP contribution in [0.3, 0.4) is 0 Å². The maximum absolute atomic E-state index is 16.8. The molecular weight excluding hydrogens is 581 g/mol. The summed E-state index contributed by atoms with van der Waals surface area (Å²) in [4.78, 5) is 18.0. The van der Waals surface area contributed by atoms with E-state index in [9.17, 15) is 13.9 Å². The molecule has 5 heterocycles. The van der Waals surface area contributed by atoms with Crippen molar-refractivity contribution in [3.05, 3.63) is 59.6 Å². The Kier molecular flexibility index (Phi) is 7.29. The van der Waals surface area contributed by atoms with Crippen LogP contribution in [-0.2, 0) is 0 Å². The summed E-state index contributed by atoms with van der Waals surface area (Å²) < 4.78 is 51.6. The molecule has 0 spiro atoms. The number of aromatic hydroxyl groups is 1. The van der Waals surface area contributed by atoms with Gasteiger partial charge in [-0.2, -0.15) is 9.97 Å². The van der Waals surface area contributed by atoms with Crippen molar-refractivity contribution in [1.82, 2.24) is 25.2 Å². The summed E-state index contributed by atoms with van der Waals surface area (Å²) in [5, 5.41) is 15.2. The number of likely N-dealkylation sites (tertiary alicyclic amines) is 1. The lowest BCUT2D eigenvalue weighted by Gasteiger charge is -2.40. The largest absolute Gasteiger partial charge is 0.508 e. The summed E-state index contributed by atoms with van der Waals surface area (Å²) in [6.45, 7) is 4.68. The molecule has 7 rings (SSSR count). The van der Waals surface area contributed by atoms with Crippen molar-refractivity contribution in [2.45, 2.75) is 38.3 Å². The molecular formula is C34H33F3N6O2. The summed E-state index contributed by atoms with van der Waals surface area (Å²) in [5.74, 6) is 1.28.